The first-order chi connectivity index (χ1) is 12.6. The number of hydrogen-bond donors (Lipinski definition) is 2. The van der Waals surface area contributed by atoms with E-state index in [0.29, 0.717) is 0 Å². The quantitative estimate of drug-likeness (QED) is 0.610. The fraction of sp³-hybridized carbons (Fsp3) is 0.278. The van der Waals surface area contributed by atoms with E-state index in [1.165, 1.54) is 6.92 Å². The van der Waals surface area contributed by atoms with Gasteiger partial charge in [0.2, 0.25) is 0 Å². The molecule has 144 valence electrons. The first kappa shape index (κ1) is 20.2. The molecule has 6 nitrogen and oxygen atoms in total. The minimum atomic E-state index is -4.71. The largest absolute Gasteiger partial charge is 0.462 e. The number of hydrogen-bond acceptors (Lipinski definition) is 5. The molecule has 1 amide bonds. The van der Waals surface area contributed by atoms with Gasteiger partial charge in [-0.2, -0.15) is 13.2 Å². The summed E-state index contributed by atoms with van der Waals surface area (Å²) in [6.45, 7) is 4.78. The highest BCUT2D eigenvalue weighted by Crippen LogP contribution is 2.31. The number of carbonyl (C=O) groups is 2. The standard InChI is InChI=1S/C18H18F3N3O3/c1-4-27-17(26)14-11(3)9-13(18(19,20)21)22-15(14)23-24-16(25)12-7-5-10(2)6-8-12/h5-9H,4H2,1-3H3,(H,22,23)(H,24,25). The lowest BCUT2D eigenvalue weighted by Crippen LogP contribution is -2.31. The van der Waals surface area contributed by atoms with Crippen LogP contribution < -0.4 is 10.9 Å². The van der Waals surface area contributed by atoms with Crippen molar-refractivity contribution in [1.82, 2.24) is 10.4 Å². The Morgan fingerprint density at radius 1 is 1.15 bits per heavy atom. The van der Waals surface area contributed by atoms with Crippen molar-refractivity contribution in [3.8, 4) is 0 Å². The third-order valence-electron chi connectivity index (χ3n) is 3.59. The van der Waals surface area contributed by atoms with Crippen LogP contribution in [0.25, 0.3) is 0 Å². The number of rotatable bonds is 5. The lowest BCUT2D eigenvalue weighted by molar-refractivity contribution is -0.141. The van der Waals surface area contributed by atoms with Crippen LogP contribution in [0.1, 0.15) is 44.5 Å². The van der Waals surface area contributed by atoms with E-state index in [0.717, 1.165) is 11.6 Å². The summed E-state index contributed by atoms with van der Waals surface area (Å²) in [6.07, 6.45) is -4.71. The first-order valence-corrected chi connectivity index (χ1v) is 8.02. The SMILES string of the molecule is CCOC(=O)c1c(C)cc(C(F)(F)F)nc1NNC(=O)c1ccc(C)cc1. The molecule has 1 aromatic heterocycles. The summed E-state index contributed by atoms with van der Waals surface area (Å²) in [5.74, 6) is -1.88. The molecule has 0 saturated heterocycles. The molecule has 0 saturated carbocycles. The lowest BCUT2D eigenvalue weighted by atomic mass is 10.1. The molecule has 9 heteroatoms. The molecule has 0 spiro atoms. The Hall–Kier alpha value is -3.10. The van der Waals surface area contributed by atoms with Gasteiger partial charge in [0, 0.05) is 5.56 Å². The number of aryl methyl sites for hydroxylation is 2. The number of benzene rings is 1. The van der Waals surface area contributed by atoms with E-state index in [2.05, 4.69) is 15.8 Å². The Morgan fingerprint density at radius 3 is 2.33 bits per heavy atom. The minimum Gasteiger partial charge on any atom is -0.462 e. The van der Waals surface area contributed by atoms with Crippen molar-refractivity contribution >= 4 is 17.7 Å². The van der Waals surface area contributed by atoms with Gasteiger partial charge in [0.05, 0.1) is 6.61 Å². The van der Waals surface area contributed by atoms with Crippen molar-refractivity contribution in [2.45, 2.75) is 26.9 Å². The number of anilines is 1. The van der Waals surface area contributed by atoms with Crippen LogP contribution in [0.5, 0.6) is 0 Å². The number of hydrazine groups is 1. The Morgan fingerprint density at radius 2 is 1.78 bits per heavy atom. The van der Waals surface area contributed by atoms with Gasteiger partial charge in [0.25, 0.3) is 5.91 Å². The molecule has 0 aliphatic rings. The predicted molar refractivity (Wildman–Crippen MR) is 92.2 cm³/mol. The molecule has 27 heavy (non-hydrogen) atoms. The Bertz CT molecular complexity index is 849. The van der Waals surface area contributed by atoms with E-state index in [-0.39, 0.29) is 23.3 Å². The highest BCUT2D eigenvalue weighted by molar-refractivity contribution is 5.98. The Labute approximate surface area is 153 Å². The second-order valence-corrected chi connectivity index (χ2v) is 5.71. The number of carbonyl (C=O) groups excluding carboxylic acids is 2. The molecule has 2 N–H and O–H groups in total. The zero-order valence-electron chi connectivity index (χ0n) is 14.9. The average molecular weight is 381 g/mol. The molecule has 0 aliphatic carbocycles. The number of ether oxygens (including phenoxy) is 1. The van der Waals surface area contributed by atoms with Gasteiger partial charge < -0.3 is 4.74 Å². The topological polar surface area (TPSA) is 80.3 Å². The summed E-state index contributed by atoms with van der Waals surface area (Å²) in [7, 11) is 0. The maximum absolute atomic E-state index is 13.0. The molecule has 0 fully saturated rings. The summed E-state index contributed by atoms with van der Waals surface area (Å²) in [5, 5.41) is 0. The number of esters is 1. The molecule has 0 bridgehead atoms. The molecule has 0 atom stereocenters. The van der Waals surface area contributed by atoms with Crippen molar-refractivity contribution in [1.29, 1.82) is 0 Å². The van der Waals surface area contributed by atoms with Crippen LogP contribution in [0.2, 0.25) is 0 Å². The van der Waals surface area contributed by atoms with Crippen LogP contribution in [0.4, 0.5) is 19.0 Å². The number of pyridine rings is 1. The summed E-state index contributed by atoms with van der Waals surface area (Å²) in [5.41, 5.74) is 4.43. The van der Waals surface area contributed by atoms with Crippen molar-refractivity contribution < 1.29 is 27.5 Å². The van der Waals surface area contributed by atoms with Crippen molar-refractivity contribution in [2.24, 2.45) is 0 Å². The van der Waals surface area contributed by atoms with Crippen LogP contribution in [0.15, 0.2) is 30.3 Å². The van der Waals surface area contributed by atoms with Gasteiger partial charge >= 0.3 is 12.1 Å². The predicted octanol–water partition coefficient (Wildman–Crippen LogP) is 3.65. The summed E-state index contributed by atoms with van der Waals surface area (Å²) in [6, 6.07) is 7.29. The van der Waals surface area contributed by atoms with E-state index in [4.69, 9.17) is 4.74 Å². The molecule has 0 aliphatic heterocycles. The maximum atomic E-state index is 13.0. The number of nitrogens with zero attached hydrogens (tertiary/aromatic N) is 1. The van der Waals surface area contributed by atoms with E-state index in [1.807, 2.05) is 6.92 Å². The molecule has 2 aromatic rings. The van der Waals surface area contributed by atoms with Gasteiger partial charge in [-0.25, -0.2) is 9.78 Å². The van der Waals surface area contributed by atoms with Crippen molar-refractivity contribution in [2.75, 3.05) is 12.0 Å². The van der Waals surface area contributed by atoms with Crippen LogP contribution >= 0.6 is 0 Å². The van der Waals surface area contributed by atoms with E-state index < -0.39 is 29.6 Å². The molecule has 0 unspecified atom stereocenters. The molecular weight excluding hydrogens is 363 g/mol. The van der Waals surface area contributed by atoms with Gasteiger partial charge in [0.1, 0.15) is 11.3 Å². The van der Waals surface area contributed by atoms with Gasteiger partial charge in [-0.1, -0.05) is 17.7 Å². The van der Waals surface area contributed by atoms with Gasteiger partial charge in [0.15, 0.2) is 5.82 Å². The third-order valence-corrected chi connectivity index (χ3v) is 3.59. The molecular formula is C18H18F3N3O3. The summed E-state index contributed by atoms with van der Waals surface area (Å²) in [4.78, 5) is 27.7. The van der Waals surface area contributed by atoms with Crippen LogP contribution in [0, 0.1) is 13.8 Å². The summed E-state index contributed by atoms with van der Waals surface area (Å²) >= 11 is 0. The monoisotopic (exact) mass is 381 g/mol. The van der Waals surface area contributed by atoms with Gasteiger partial charge in [-0.05, 0) is 44.5 Å². The van der Waals surface area contributed by atoms with E-state index >= 15 is 0 Å². The Kier molecular flexibility index (Phi) is 6.04. The van der Waals surface area contributed by atoms with E-state index in [9.17, 15) is 22.8 Å². The smallest absolute Gasteiger partial charge is 0.433 e. The second kappa shape index (κ2) is 8.07. The zero-order chi connectivity index (χ0) is 20.2. The molecule has 2 rings (SSSR count). The van der Waals surface area contributed by atoms with Crippen LogP contribution in [-0.2, 0) is 10.9 Å². The fourth-order valence-corrected chi connectivity index (χ4v) is 2.26. The second-order valence-electron chi connectivity index (χ2n) is 5.71. The highest BCUT2D eigenvalue weighted by Gasteiger charge is 2.35. The molecule has 1 heterocycles. The van der Waals surface area contributed by atoms with Crippen LogP contribution in [-0.4, -0.2) is 23.5 Å². The average Bonchev–Trinajstić information content (AvgIpc) is 2.59. The minimum absolute atomic E-state index is 0.0165. The Balaban J connectivity index is 2.34. The highest BCUT2D eigenvalue weighted by atomic mass is 19.4. The summed E-state index contributed by atoms with van der Waals surface area (Å²) < 4.78 is 44.0. The third kappa shape index (κ3) is 4.96. The van der Waals surface area contributed by atoms with Crippen molar-refractivity contribution in [3.63, 3.8) is 0 Å². The number of nitrogens with one attached hydrogen (secondary N) is 2. The van der Waals surface area contributed by atoms with Crippen LogP contribution in [0.3, 0.4) is 0 Å². The van der Waals surface area contributed by atoms with E-state index in [1.54, 1.807) is 31.2 Å². The number of halogens is 3. The lowest BCUT2D eigenvalue weighted by Gasteiger charge is -2.16. The molecule has 0 radical (unpaired) electrons. The number of aromatic nitrogens is 1. The molecule has 1 aromatic carbocycles. The van der Waals surface area contributed by atoms with Gasteiger partial charge in [-0.15, -0.1) is 0 Å². The number of amides is 1. The normalized spacial score (nSPS) is 11.0. The maximum Gasteiger partial charge on any atom is 0.433 e. The zero-order valence-corrected chi connectivity index (χ0v) is 14.9. The first-order valence-electron chi connectivity index (χ1n) is 8.02. The van der Waals surface area contributed by atoms with Gasteiger partial charge in [-0.3, -0.25) is 15.6 Å². The van der Waals surface area contributed by atoms with Crippen molar-refractivity contribution in [3.05, 3.63) is 58.3 Å². The number of alkyl halides is 3. The fourth-order valence-electron chi connectivity index (χ4n) is 2.26.